The highest BCUT2D eigenvalue weighted by Crippen LogP contribution is 2.35. The molecule has 0 aliphatic heterocycles. The fourth-order valence-electron chi connectivity index (χ4n) is 4.32. The van der Waals surface area contributed by atoms with E-state index in [9.17, 15) is 4.79 Å². The minimum Gasteiger partial charge on any atom is -0.467 e. The number of hydrogen-bond donors (Lipinski definition) is 1. The summed E-state index contributed by atoms with van der Waals surface area (Å²) >= 11 is 6.06. The van der Waals surface area contributed by atoms with Crippen LogP contribution in [0.15, 0.2) is 102 Å². The van der Waals surface area contributed by atoms with Gasteiger partial charge >= 0.3 is 0 Å². The number of rotatable bonds is 8. The number of aromatic nitrogens is 2. The third-order valence-corrected chi connectivity index (χ3v) is 6.20. The number of nitrogens with one attached hydrogen (secondary N) is 1. The van der Waals surface area contributed by atoms with E-state index < -0.39 is 0 Å². The Balaban J connectivity index is 1.50. The minimum atomic E-state index is -0.178. The second-order valence-electron chi connectivity index (χ2n) is 8.24. The van der Waals surface area contributed by atoms with Crippen LogP contribution < -0.4 is 5.32 Å². The third kappa shape index (κ3) is 4.90. The fourth-order valence-corrected chi connectivity index (χ4v) is 4.43. The molecule has 5 rings (SSSR count). The number of fused-ring (bicyclic) bond motifs is 1. The molecule has 0 bridgehead atoms. The van der Waals surface area contributed by atoms with E-state index in [1.54, 1.807) is 18.5 Å². The molecule has 0 saturated heterocycles. The SMILES string of the molecule is O=C(C[C@@H](c1ccc(Cl)nc1)c1cn(Cc2ccccc2)c2ccccc12)NCc1ccco1. The zero-order valence-electron chi connectivity index (χ0n) is 18.5. The molecule has 3 aromatic heterocycles. The molecule has 2 aromatic carbocycles. The van der Waals surface area contributed by atoms with Crippen LogP contribution in [0.5, 0.6) is 0 Å². The lowest BCUT2D eigenvalue weighted by Crippen LogP contribution is -2.24. The molecule has 170 valence electrons. The molecule has 0 unspecified atom stereocenters. The van der Waals surface area contributed by atoms with Crippen LogP contribution in [0.2, 0.25) is 5.15 Å². The molecule has 0 aliphatic carbocycles. The van der Waals surface area contributed by atoms with E-state index in [2.05, 4.69) is 45.3 Å². The predicted molar refractivity (Wildman–Crippen MR) is 134 cm³/mol. The molecule has 3 heterocycles. The number of amides is 1. The van der Waals surface area contributed by atoms with Crippen LogP contribution in [-0.4, -0.2) is 15.5 Å². The molecule has 1 N–H and O–H groups in total. The van der Waals surface area contributed by atoms with Gasteiger partial charge < -0.3 is 14.3 Å². The van der Waals surface area contributed by atoms with Crippen molar-refractivity contribution in [3.8, 4) is 0 Å². The molecule has 1 amide bonds. The van der Waals surface area contributed by atoms with Gasteiger partial charge in [0.25, 0.3) is 0 Å². The summed E-state index contributed by atoms with van der Waals surface area (Å²) in [7, 11) is 0. The van der Waals surface area contributed by atoms with Crippen molar-refractivity contribution in [2.24, 2.45) is 0 Å². The second kappa shape index (κ2) is 9.98. The molecular formula is C28H24ClN3O2. The van der Waals surface area contributed by atoms with Gasteiger partial charge in [-0.05, 0) is 41.0 Å². The Bertz CT molecular complexity index is 1380. The number of carbonyl (C=O) groups is 1. The maximum atomic E-state index is 13.0. The molecule has 34 heavy (non-hydrogen) atoms. The Morgan fingerprint density at radius 2 is 1.82 bits per heavy atom. The average molecular weight is 470 g/mol. The Kier molecular flexibility index (Phi) is 6.45. The topological polar surface area (TPSA) is 60.1 Å². The van der Waals surface area contributed by atoms with Crippen LogP contribution in [0.4, 0.5) is 0 Å². The highest BCUT2D eigenvalue weighted by Gasteiger charge is 2.23. The van der Waals surface area contributed by atoms with Crippen molar-refractivity contribution in [1.82, 2.24) is 14.9 Å². The number of furan rings is 1. The van der Waals surface area contributed by atoms with Crippen molar-refractivity contribution in [2.45, 2.75) is 25.4 Å². The summed E-state index contributed by atoms with van der Waals surface area (Å²) in [5.74, 6) is 0.483. The number of pyridine rings is 1. The molecule has 5 nitrogen and oxygen atoms in total. The molecule has 5 aromatic rings. The van der Waals surface area contributed by atoms with Crippen LogP contribution in [0.25, 0.3) is 10.9 Å². The Hall–Kier alpha value is -3.83. The molecular weight excluding hydrogens is 446 g/mol. The van der Waals surface area contributed by atoms with Crippen LogP contribution in [0, 0.1) is 0 Å². The Labute approximate surface area is 203 Å². The van der Waals surface area contributed by atoms with E-state index >= 15 is 0 Å². The largest absolute Gasteiger partial charge is 0.467 e. The molecule has 0 spiro atoms. The highest BCUT2D eigenvalue weighted by atomic mass is 35.5. The first-order valence-corrected chi connectivity index (χ1v) is 11.6. The molecule has 0 saturated carbocycles. The van der Waals surface area contributed by atoms with E-state index in [4.69, 9.17) is 16.0 Å². The van der Waals surface area contributed by atoms with Crippen molar-refractivity contribution in [1.29, 1.82) is 0 Å². The maximum absolute atomic E-state index is 13.0. The number of para-hydroxylation sites is 1. The molecule has 0 fully saturated rings. The number of hydrogen-bond acceptors (Lipinski definition) is 3. The van der Waals surface area contributed by atoms with Crippen LogP contribution in [0.1, 0.15) is 34.8 Å². The Morgan fingerprint density at radius 1 is 1.00 bits per heavy atom. The number of nitrogens with zero attached hydrogens (tertiary/aromatic N) is 2. The molecule has 6 heteroatoms. The quantitative estimate of drug-likeness (QED) is 0.276. The van der Waals surface area contributed by atoms with Gasteiger partial charge in [-0.1, -0.05) is 66.2 Å². The standard InChI is InChI=1S/C28H24ClN3O2/c29-27-13-12-21(16-30-27)24(15-28(33)31-17-22-9-6-14-34-22)25-19-32(18-20-7-2-1-3-8-20)26-11-5-4-10-23(25)26/h1-14,16,19,24H,15,17-18H2,(H,31,33)/t24-/m0/s1. The van der Waals surface area contributed by atoms with Gasteiger partial charge in [0.05, 0.1) is 12.8 Å². The minimum absolute atomic E-state index is 0.0590. The lowest BCUT2D eigenvalue weighted by atomic mass is 9.89. The maximum Gasteiger partial charge on any atom is 0.221 e. The average Bonchev–Trinajstić information content (AvgIpc) is 3.51. The molecule has 0 radical (unpaired) electrons. The van der Waals surface area contributed by atoms with Gasteiger partial charge in [-0.25, -0.2) is 4.98 Å². The van der Waals surface area contributed by atoms with Crippen molar-refractivity contribution in [2.75, 3.05) is 0 Å². The first kappa shape index (κ1) is 22.0. The van der Waals surface area contributed by atoms with E-state index in [1.165, 1.54) is 5.56 Å². The lowest BCUT2D eigenvalue weighted by molar-refractivity contribution is -0.121. The first-order valence-electron chi connectivity index (χ1n) is 11.2. The van der Waals surface area contributed by atoms with Gasteiger partial charge in [0, 0.05) is 42.2 Å². The fraction of sp³-hybridized carbons (Fsp3) is 0.143. The number of benzene rings is 2. The van der Waals surface area contributed by atoms with Gasteiger partial charge in [-0.15, -0.1) is 0 Å². The summed E-state index contributed by atoms with van der Waals surface area (Å²) < 4.78 is 7.59. The van der Waals surface area contributed by atoms with Crippen molar-refractivity contribution in [3.05, 3.63) is 125 Å². The van der Waals surface area contributed by atoms with Crippen molar-refractivity contribution < 1.29 is 9.21 Å². The zero-order valence-corrected chi connectivity index (χ0v) is 19.3. The van der Waals surface area contributed by atoms with Gasteiger partial charge in [0.1, 0.15) is 10.9 Å². The van der Waals surface area contributed by atoms with Crippen LogP contribution in [-0.2, 0) is 17.9 Å². The zero-order chi connectivity index (χ0) is 23.3. The van der Waals surface area contributed by atoms with E-state index in [0.29, 0.717) is 11.7 Å². The van der Waals surface area contributed by atoms with Crippen molar-refractivity contribution in [3.63, 3.8) is 0 Å². The lowest BCUT2D eigenvalue weighted by Gasteiger charge is -2.17. The summed E-state index contributed by atoms with van der Waals surface area (Å²) in [5, 5.41) is 4.52. The Morgan fingerprint density at radius 3 is 2.59 bits per heavy atom. The summed E-state index contributed by atoms with van der Waals surface area (Å²) in [6.45, 7) is 1.10. The van der Waals surface area contributed by atoms with Gasteiger partial charge in [-0.3, -0.25) is 4.79 Å². The summed E-state index contributed by atoms with van der Waals surface area (Å²) in [6, 6.07) is 26.1. The van der Waals surface area contributed by atoms with Crippen LogP contribution in [0.3, 0.4) is 0 Å². The van der Waals surface area contributed by atoms with Gasteiger partial charge in [0.2, 0.25) is 5.91 Å². The molecule has 0 aliphatic rings. The summed E-state index contributed by atoms with van der Waals surface area (Å²) in [6.07, 6.45) is 5.81. The number of carbonyl (C=O) groups excluding carboxylic acids is 1. The molecule has 1 atom stereocenters. The first-order chi connectivity index (χ1) is 16.7. The van der Waals surface area contributed by atoms with Gasteiger partial charge in [0.15, 0.2) is 0 Å². The normalized spacial score (nSPS) is 12.0. The predicted octanol–water partition coefficient (Wildman–Crippen LogP) is 6.17. The van der Waals surface area contributed by atoms with Crippen LogP contribution >= 0.6 is 11.6 Å². The van der Waals surface area contributed by atoms with E-state index in [1.807, 2.05) is 48.5 Å². The van der Waals surface area contributed by atoms with E-state index in [0.717, 1.165) is 34.3 Å². The summed E-state index contributed by atoms with van der Waals surface area (Å²) in [5.41, 5.74) is 4.38. The van der Waals surface area contributed by atoms with Crippen molar-refractivity contribution >= 4 is 28.4 Å². The highest BCUT2D eigenvalue weighted by molar-refractivity contribution is 6.29. The smallest absolute Gasteiger partial charge is 0.221 e. The van der Waals surface area contributed by atoms with E-state index in [-0.39, 0.29) is 18.2 Å². The third-order valence-electron chi connectivity index (χ3n) is 5.97. The summed E-state index contributed by atoms with van der Waals surface area (Å²) in [4.78, 5) is 17.3. The van der Waals surface area contributed by atoms with Gasteiger partial charge in [-0.2, -0.15) is 0 Å². The monoisotopic (exact) mass is 469 g/mol. The number of halogens is 1. The second-order valence-corrected chi connectivity index (χ2v) is 8.63.